The lowest BCUT2D eigenvalue weighted by Crippen LogP contribution is -2.53. The Balaban J connectivity index is 2.00. The second kappa shape index (κ2) is 12.4. The van der Waals surface area contributed by atoms with Crippen molar-refractivity contribution in [3.8, 4) is 0 Å². The van der Waals surface area contributed by atoms with Gasteiger partial charge in [0.1, 0.15) is 12.6 Å². The lowest BCUT2D eigenvalue weighted by Gasteiger charge is -2.33. The Bertz CT molecular complexity index is 1250. The number of hydrogen-bond donors (Lipinski definition) is 1. The average molecular weight is 508 g/mol. The summed E-state index contributed by atoms with van der Waals surface area (Å²) in [5.74, 6) is -0.746. The van der Waals surface area contributed by atoms with Crippen LogP contribution in [0.25, 0.3) is 0 Å². The number of nitrogens with zero attached hydrogens (tertiary/aromatic N) is 2. The first-order valence-corrected chi connectivity index (χ1v) is 13.7. The number of amides is 2. The third kappa shape index (κ3) is 7.42. The van der Waals surface area contributed by atoms with E-state index in [1.165, 1.54) is 4.90 Å². The molecule has 3 rings (SSSR count). The lowest BCUT2D eigenvalue weighted by atomic mass is 10.0. The van der Waals surface area contributed by atoms with E-state index in [0.717, 1.165) is 27.3 Å². The number of nitrogens with one attached hydrogen (secondary N) is 1. The van der Waals surface area contributed by atoms with E-state index in [1.807, 2.05) is 74.5 Å². The van der Waals surface area contributed by atoms with Gasteiger partial charge >= 0.3 is 0 Å². The maximum absolute atomic E-state index is 13.8. The smallest absolute Gasteiger partial charge is 0.244 e. The van der Waals surface area contributed by atoms with Gasteiger partial charge in [-0.15, -0.1) is 0 Å². The monoisotopic (exact) mass is 507 g/mol. The molecule has 3 aromatic carbocycles. The first-order valence-electron chi connectivity index (χ1n) is 11.9. The minimum absolute atomic E-state index is 0.166. The first-order chi connectivity index (χ1) is 17.2. The highest BCUT2D eigenvalue weighted by atomic mass is 32.2. The van der Waals surface area contributed by atoms with Crippen molar-refractivity contribution < 1.29 is 18.0 Å². The Morgan fingerprint density at radius 3 is 1.94 bits per heavy atom. The minimum atomic E-state index is -3.76. The van der Waals surface area contributed by atoms with Gasteiger partial charge in [-0.2, -0.15) is 0 Å². The van der Waals surface area contributed by atoms with Crippen molar-refractivity contribution in [3.05, 3.63) is 102 Å². The summed E-state index contributed by atoms with van der Waals surface area (Å²) in [5.41, 5.74) is 3.12. The number of benzene rings is 3. The molecule has 8 heteroatoms. The number of rotatable bonds is 11. The van der Waals surface area contributed by atoms with Crippen molar-refractivity contribution in [1.29, 1.82) is 0 Å². The third-order valence-corrected chi connectivity index (χ3v) is 6.96. The van der Waals surface area contributed by atoms with E-state index in [0.29, 0.717) is 18.7 Å². The van der Waals surface area contributed by atoms with Gasteiger partial charge in [0.15, 0.2) is 0 Å². The van der Waals surface area contributed by atoms with Crippen LogP contribution in [-0.2, 0) is 32.6 Å². The summed E-state index contributed by atoms with van der Waals surface area (Å²) in [6, 6.07) is 25.0. The molecule has 0 aromatic heterocycles. The molecule has 0 spiro atoms. The molecule has 7 nitrogen and oxygen atoms in total. The topological polar surface area (TPSA) is 86.8 Å². The van der Waals surface area contributed by atoms with Gasteiger partial charge in [0, 0.05) is 19.5 Å². The summed E-state index contributed by atoms with van der Waals surface area (Å²) >= 11 is 0. The fourth-order valence-electron chi connectivity index (χ4n) is 3.95. The van der Waals surface area contributed by atoms with Crippen molar-refractivity contribution in [2.45, 2.75) is 32.9 Å². The summed E-state index contributed by atoms with van der Waals surface area (Å²) in [5, 5.41) is 2.84. The second-order valence-electron chi connectivity index (χ2n) is 8.71. The van der Waals surface area contributed by atoms with Gasteiger partial charge in [-0.25, -0.2) is 8.42 Å². The fraction of sp³-hybridized carbons (Fsp3) is 0.286. The molecule has 0 saturated heterocycles. The largest absolute Gasteiger partial charge is 0.355 e. The summed E-state index contributed by atoms with van der Waals surface area (Å²) in [7, 11) is -3.76. The van der Waals surface area contributed by atoms with E-state index in [4.69, 9.17) is 0 Å². The molecule has 190 valence electrons. The Kier molecular flexibility index (Phi) is 9.25. The van der Waals surface area contributed by atoms with Crippen LogP contribution in [0.3, 0.4) is 0 Å². The van der Waals surface area contributed by atoms with Crippen LogP contribution in [0.4, 0.5) is 5.69 Å². The van der Waals surface area contributed by atoms with Gasteiger partial charge in [0.05, 0.1) is 11.9 Å². The van der Waals surface area contributed by atoms with E-state index < -0.39 is 28.5 Å². The molecule has 0 radical (unpaired) electrons. The summed E-state index contributed by atoms with van der Waals surface area (Å²) < 4.78 is 26.5. The minimum Gasteiger partial charge on any atom is -0.355 e. The molecule has 0 aliphatic heterocycles. The van der Waals surface area contributed by atoms with E-state index in [9.17, 15) is 18.0 Å². The lowest BCUT2D eigenvalue weighted by molar-refractivity contribution is -0.140. The highest BCUT2D eigenvalue weighted by Gasteiger charge is 2.32. The number of carbonyl (C=O) groups is 2. The number of aryl methyl sites for hydroxylation is 1. The summed E-state index contributed by atoms with van der Waals surface area (Å²) in [4.78, 5) is 28.5. The zero-order valence-corrected chi connectivity index (χ0v) is 21.7. The van der Waals surface area contributed by atoms with Crippen LogP contribution in [0.15, 0.2) is 84.9 Å². The third-order valence-electron chi connectivity index (χ3n) is 5.82. The molecule has 0 bridgehead atoms. The normalized spacial score (nSPS) is 12.0. The van der Waals surface area contributed by atoms with E-state index in [2.05, 4.69) is 5.32 Å². The van der Waals surface area contributed by atoms with Crippen LogP contribution < -0.4 is 9.62 Å². The quantitative estimate of drug-likeness (QED) is 0.430. The SMILES string of the molecule is CCNC(=O)[C@H](Cc1ccccc1)N(Cc1ccccc1)C(=O)CN(c1ccc(C)cc1)S(C)(=O)=O. The van der Waals surface area contributed by atoms with Crippen molar-refractivity contribution in [3.63, 3.8) is 0 Å². The number of hydrogen-bond acceptors (Lipinski definition) is 4. The van der Waals surface area contributed by atoms with Crippen LogP contribution in [0, 0.1) is 6.92 Å². The molecule has 36 heavy (non-hydrogen) atoms. The number of carbonyl (C=O) groups excluding carboxylic acids is 2. The van der Waals surface area contributed by atoms with Crippen molar-refractivity contribution in [1.82, 2.24) is 10.2 Å². The van der Waals surface area contributed by atoms with Gasteiger partial charge in [0.25, 0.3) is 0 Å². The highest BCUT2D eigenvalue weighted by Crippen LogP contribution is 2.21. The van der Waals surface area contributed by atoms with Gasteiger partial charge in [-0.3, -0.25) is 13.9 Å². The molecule has 3 aromatic rings. The van der Waals surface area contributed by atoms with Crippen molar-refractivity contribution in [2.24, 2.45) is 0 Å². The molecule has 1 atom stereocenters. The molecule has 0 unspecified atom stereocenters. The Labute approximate surface area is 213 Å². The van der Waals surface area contributed by atoms with Crippen LogP contribution in [-0.4, -0.2) is 50.5 Å². The van der Waals surface area contributed by atoms with E-state index >= 15 is 0 Å². The van der Waals surface area contributed by atoms with Gasteiger partial charge in [-0.1, -0.05) is 78.4 Å². The van der Waals surface area contributed by atoms with Crippen LogP contribution in [0.5, 0.6) is 0 Å². The van der Waals surface area contributed by atoms with Gasteiger partial charge in [-0.05, 0) is 37.1 Å². The van der Waals surface area contributed by atoms with Crippen LogP contribution in [0.1, 0.15) is 23.6 Å². The van der Waals surface area contributed by atoms with E-state index in [-0.39, 0.29) is 12.5 Å². The molecule has 0 aliphatic carbocycles. The molecular formula is C28H33N3O4S. The molecule has 0 fully saturated rings. The van der Waals surface area contributed by atoms with Gasteiger partial charge in [0.2, 0.25) is 21.8 Å². The molecule has 1 N–H and O–H groups in total. The maximum atomic E-state index is 13.8. The van der Waals surface area contributed by atoms with Crippen LogP contribution in [0.2, 0.25) is 0 Å². The zero-order chi connectivity index (χ0) is 26.1. The number of sulfonamides is 1. The first kappa shape index (κ1) is 26.9. The average Bonchev–Trinajstić information content (AvgIpc) is 2.86. The molecule has 0 saturated carbocycles. The molecule has 0 heterocycles. The summed E-state index contributed by atoms with van der Waals surface area (Å²) in [6.45, 7) is 3.89. The molecular weight excluding hydrogens is 474 g/mol. The fourth-order valence-corrected chi connectivity index (χ4v) is 4.80. The predicted octanol–water partition coefficient (Wildman–Crippen LogP) is 3.54. The summed E-state index contributed by atoms with van der Waals surface area (Å²) in [6.07, 6.45) is 1.38. The van der Waals surface area contributed by atoms with Crippen molar-refractivity contribution in [2.75, 3.05) is 23.7 Å². The molecule has 2 amide bonds. The number of anilines is 1. The Hall–Kier alpha value is -3.65. The van der Waals surface area contributed by atoms with Crippen LogP contribution >= 0.6 is 0 Å². The highest BCUT2D eigenvalue weighted by molar-refractivity contribution is 7.92. The molecule has 0 aliphatic rings. The second-order valence-corrected chi connectivity index (χ2v) is 10.6. The standard InChI is InChI=1S/C28H33N3O4S/c1-4-29-28(33)26(19-23-11-7-5-8-12-23)30(20-24-13-9-6-10-14-24)27(32)21-31(36(3,34)35)25-17-15-22(2)16-18-25/h5-18,26H,4,19-21H2,1-3H3,(H,29,33)/t26-/m0/s1. The Morgan fingerprint density at radius 2 is 1.42 bits per heavy atom. The Morgan fingerprint density at radius 1 is 0.861 bits per heavy atom. The predicted molar refractivity (Wildman–Crippen MR) is 143 cm³/mol. The number of likely N-dealkylation sites (N-methyl/N-ethyl adjacent to an activating group) is 1. The zero-order valence-electron chi connectivity index (χ0n) is 20.9. The van der Waals surface area contributed by atoms with Crippen molar-refractivity contribution >= 4 is 27.5 Å². The van der Waals surface area contributed by atoms with Gasteiger partial charge < -0.3 is 10.2 Å². The van der Waals surface area contributed by atoms with E-state index in [1.54, 1.807) is 24.3 Å². The maximum Gasteiger partial charge on any atom is 0.244 e.